The van der Waals surface area contributed by atoms with Gasteiger partial charge in [0.05, 0.1) is 30.5 Å². The number of rotatable bonds is 12. The van der Waals surface area contributed by atoms with Gasteiger partial charge in [0.15, 0.2) is 5.89 Å². The Hall–Kier alpha value is -3.70. The lowest BCUT2D eigenvalue weighted by Crippen LogP contribution is -2.48. The highest BCUT2D eigenvalue weighted by Crippen LogP contribution is 2.31. The third-order valence-electron chi connectivity index (χ3n) is 5.83. The molecule has 2 aromatic heterocycles. The van der Waals surface area contributed by atoms with Crippen LogP contribution in [0.1, 0.15) is 52.8 Å². The van der Waals surface area contributed by atoms with Gasteiger partial charge in [0, 0.05) is 38.5 Å². The van der Waals surface area contributed by atoms with E-state index in [2.05, 4.69) is 20.6 Å². The molecule has 0 bridgehead atoms. The number of carbonyl (C=O) groups is 2. The summed E-state index contributed by atoms with van der Waals surface area (Å²) in [6, 6.07) is 3.20. The number of fused-ring (bicyclic) bond motifs is 1. The van der Waals surface area contributed by atoms with Crippen LogP contribution in [0.15, 0.2) is 28.7 Å². The molecule has 36 heavy (non-hydrogen) atoms. The van der Waals surface area contributed by atoms with Gasteiger partial charge in [-0.2, -0.15) is 0 Å². The molecule has 0 aliphatic carbocycles. The number of aryl methyl sites for hydroxylation is 2. The predicted molar refractivity (Wildman–Crippen MR) is 134 cm³/mol. The lowest BCUT2D eigenvalue weighted by atomic mass is 10.1. The zero-order valence-corrected chi connectivity index (χ0v) is 20.8. The van der Waals surface area contributed by atoms with Gasteiger partial charge in [-0.3, -0.25) is 14.9 Å². The van der Waals surface area contributed by atoms with Crippen molar-refractivity contribution in [1.82, 2.24) is 19.9 Å². The van der Waals surface area contributed by atoms with Gasteiger partial charge in [-0.25, -0.2) is 9.97 Å². The lowest BCUT2D eigenvalue weighted by molar-refractivity contribution is 0.0136. The molecule has 192 valence electrons. The molecule has 11 nitrogen and oxygen atoms in total. The highest BCUT2D eigenvalue weighted by Gasteiger charge is 2.23. The summed E-state index contributed by atoms with van der Waals surface area (Å²) < 4.78 is 19.2. The molecule has 4 rings (SSSR count). The Balaban J connectivity index is 1.64. The summed E-state index contributed by atoms with van der Waals surface area (Å²) in [6.07, 6.45) is 5.31. The number of primary amides is 1. The molecule has 1 saturated heterocycles. The Morgan fingerprint density at radius 2 is 2.11 bits per heavy atom. The topological polar surface area (TPSA) is 147 Å². The first kappa shape index (κ1) is 25.4. The van der Waals surface area contributed by atoms with Crippen molar-refractivity contribution in [3.63, 3.8) is 0 Å². The van der Waals surface area contributed by atoms with E-state index in [0.717, 1.165) is 13.1 Å². The fourth-order valence-corrected chi connectivity index (χ4v) is 3.88. The Labute approximate surface area is 209 Å². The van der Waals surface area contributed by atoms with Crippen molar-refractivity contribution in [3.8, 4) is 5.75 Å². The molecule has 0 saturated carbocycles. The SMILES string of the molecule is C/C=C/Cn1c(NC(=O)c2oc(C)nc2CC)nc2cc(C(N)=O)cc(OCCCOC3CNC3)c21. The zero-order valence-electron chi connectivity index (χ0n) is 20.8. The maximum absolute atomic E-state index is 13.1. The number of hydrogen-bond donors (Lipinski definition) is 3. The van der Waals surface area contributed by atoms with Gasteiger partial charge >= 0.3 is 0 Å². The monoisotopic (exact) mass is 496 g/mol. The molecule has 1 aliphatic heterocycles. The summed E-state index contributed by atoms with van der Waals surface area (Å²) in [6.45, 7) is 8.61. The van der Waals surface area contributed by atoms with E-state index in [9.17, 15) is 9.59 Å². The van der Waals surface area contributed by atoms with E-state index in [-0.39, 0.29) is 23.4 Å². The maximum atomic E-state index is 13.1. The van der Waals surface area contributed by atoms with E-state index in [0.29, 0.717) is 61.0 Å². The van der Waals surface area contributed by atoms with Crippen LogP contribution in [-0.2, 0) is 17.7 Å². The van der Waals surface area contributed by atoms with Crippen molar-refractivity contribution in [2.75, 3.05) is 31.6 Å². The van der Waals surface area contributed by atoms with Crippen molar-refractivity contribution in [2.45, 2.75) is 46.3 Å². The van der Waals surface area contributed by atoms with Gasteiger partial charge in [0.1, 0.15) is 11.3 Å². The van der Waals surface area contributed by atoms with Gasteiger partial charge in [0.2, 0.25) is 17.6 Å². The number of carbonyl (C=O) groups excluding carboxylic acids is 2. The Kier molecular flexibility index (Phi) is 8.01. The summed E-state index contributed by atoms with van der Waals surface area (Å²) >= 11 is 0. The second-order valence-electron chi connectivity index (χ2n) is 8.49. The molecule has 3 aromatic rings. The van der Waals surface area contributed by atoms with E-state index in [1.54, 1.807) is 19.1 Å². The Morgan fingerprint density at radius 3 is 2.78 bits per heavy atom. The smallest absolute Gasteiger partial charge is 0.295 e. The minimum absolute atomic E-state index is 0.149. The molecular formula is C25H32N6O5. The van der Waals surface area contributed by atoms with Gasteiger partial charge in [-0.15, -0.1) is 0 Å². The molecule has 0 spiro atoms. The lowest BCUT2D eigenvalue weighted by Gasteiger charge is -2.27. The molecule has 1 fully saturated rings. The van der Waals surface area contributed by atoms with E-state index >= 15 is 0 Å². The van der Waals surface area contributed by atoms with Crippen LogP contribution in [0, 0.1) is 6.92 Å². The third-order valence-corrected chi connectivity index (χ3v) is 5.83. The number of nitrogens with two attached hydrogens (primary N) is 1. The summed E-state index contributed by atoms with van der Waals surface area (Å²) in [7, 11) is 0. The van der Waals surface area contributed by atoms with Gasteiger partial charge < -0.3 is 29.5 Å². The minimum atomic E-state index is -0.596. The Bertz CT molecular complexity index is 1270. The summed E-state index contributed by atoms with van der Waals surface area (Å²) in [5.41, 5.74) is 7.52. The molecule has 0 atom stereocenters. The number of oxazole rings is 1. The average molecular weight is 497 g/mol. The molecular weight excluding hydrogens is 464 g/mol. The molecule has 0 radical (unpaired) electrons. The van der Waals surface area contributed by atoms with Gasteiger partial charge in [0.25, 0.3) is 5.91 Å². The second-order valence-corrected chi connectivity index (χ2v) is 8.49. The normalized spacial score (nSPS) is 13.9. The Morgan fingerprint density at radius 1 is 1.31 bits per heavy atom. The van der Waals surface area contributed by atoms with Crippen molar-refractivity contribution >= 4 is 28.8 Å². The predicted octanol–water partition coefficient (Wildman–Crippen LogP) is 2.58. The first-order valence-corrected chi connectivity index (χ1v) is 12.1. The van der Waals surface area contributed by atoms with E-state index in [1.807, 2.05) is 30.6 Å². The van der Waals surface area contributed by atoms with Crippen LogP contribution in [0.3, 0.4) is 0 Å². The quantitative estimate of drug-likeness (QED) is 0.256. The fraction of sp³-hybridized carbons (Fsp3) is 0.440. The van der Waals surface area contributed by atoms with Crippen LogP contribution in [0.25, 0.3) is 11.0 Å². The average Bonchev–Trinajstić information content (AvgIpc) is 3.37. The molecule has 0 unspecified atom stereocenters. The molecule has 4 N–H and O–H groups in total. The molecule has 3 heterocycles. The number of nitrogens with zero attached hydrogens (tertiary/aromatic N) is 3. The standard InChI is InChI=1S/C25H32N6O5/c1-4-6-8-31-21-19(29-25(31)30-24(33)22-18(5-2)28-15(3)36-22)11-16(23(26)32)12-20(21)35-10-7-9-34-17-13-27-14-17/h4,6,11-12,17,27H,5,7-10,13-14H2,1-3H3,(H2,26,32)(H,29,30,33)/b6-4+. The summed E-state index contributed by atoms with van der Waals surface area (Å²) in [4.78, 5) is 33.9. The van der Waals surface area contributed by atoms with Crippen LogP contribution in [0.2, 0.25) is 0 Å². The number of imidazole rings is 1. The number of allylic oxidation sites excluding steroid dienone is 2. The number of aromatic nitrogens is 3. The van der Waals surface area contributed by atoms with Crippen LogP contribution < -0.4 is 21.1 Å². The van der Waals surface area contributed by atoms with Crippen molar-refractivity contribution in [3.05, 3.63) is 47.2 Å². The van der Waals surface area contributed by atoms with Crippen molar-refractivity contribution in [2.24, 2.45) is 5.73 Å². The number of amides is 2. The first-order chi connectivity index (χ1) is 17.4. The molecule has 2 amide bonds. The van der Waals surface area contributed by atoms with Gasteiger partial charge in [-0.1, -0.05) is 19.1 Å². The number of benzene rings is 1. The van der Waals surface area contributed by atoms with Crippen molar-refractivity contribution in [1.29, 1.82) is 0 Å². The van der Waals surface area contributed by atoms with Gasteiger partial charge in [-0.05, 0) is 25.5 Å². The zero-order chi connectivity index (χ0) is 25.7. The van der Waals surface area contributed by atoms with E-state index in [1.165, 1.54) is 0 Å². The number of ether oxygens (including phenoxy) is 2. The van der Waals surface area contributed by atoms with Crippen molar-refractivity contribution < 1.29 is 23.5 Å². The highest BCUT2D eigenvalue weighted by molar-refractivity contribution is 6.04. The number of nitrogens with one attached hydrogen (secondary N) is 2. The summed E-state index contributed by atoms with van der Waals surface area (Å²) in [5, 5.41) is 6.01. The number of anilines is 1. The van der Waals surface area contributed by atoms with Crippen LogP contribution >= 0.6 is 0 Å². The van der Waals surface area contributed by atoms with Crippen LogP contribution in [0.5, 0.6) is 5.75 Å². The first-order valence-electron chi connectivity index (χ1n) is 12.1. The van der Waals surface area contributed by atoms with E-state index in [4.69, 9.17) is 19.6 Å². The van der Waals surface area contributed by atoms with Crippen LogP contribution in [0.4, 0.5) is 5.95 Å². The molecule has 11 heteroatoms. The number of hydrogen-bond acceptors (Lipinski definition) is 8. The van der Waals surface area contributed by atoms with E-state index < -0.39 is 11.8 Å². The second kappa shape index (κ2) is 11.4. The maximum Gasteiger partial charge on any atom is 0.295 e. The van der Waals surface area contributed by atoms with Crippen LogP contribution in [-0.4, -0.2) is 58.8 Å². The molecule has 1 aromatic carbocycles. The minimum Gasteiger partial charge on any atom is -0.491 e. The highest BCUT2D eigenvalue weighted by atomic mass is 16.5. The fourth-order valence-electron chi connectivity index (χ4n) is 3.88. The summed E-state index contributed by atoms with van der Waals surface area (Å²) in [5.74, 6) is 0.255. The largest absolute Gasteiger partial charge is 0.491 e. The third kappa shape index (κ3) is 5.58. The molecule has 1 aliphatic rings.